The predicted octanol–water partition coefficient (Wildman–Crippen LogP) is 4.81. The molecule has 2 aromatic carbocycles. The van der Waals surface area contributed by atoms with Crippen LogP contribution in [0.25, 0.3) is 10.8 Å². The van der Waals surface area contributed by atoms with Gasteiger partial charge in [0.15, 0.2) is 0 Å². The van der Waals surface area contributed by atoms with Gasteiger partial charge >= 0.3 is 0 Å². The summed E-state index contributed by atoms with van der Waals surface area (Å²) in [4.78, 5) is 4.30. The average Bonchev–Trinajstić information content (AvgIpc) is 2.46. The van der Waals surface area contributed by atoms with Crippen LogP contribution in [-0.2, 0) is 6.54 Å². The fourth-order valence-corrected chi connectivity index (χ4v) is 2.56. The van der Waals surface area contributed by atoms with Gasteiger partial charge in [0.2, 0.25) is 0 Å². The lowest BCUT2D eigenvalue weighted by atomic mass is 10.1. The van der Waals surface area contributed by atoms with Gasteiger partial charge in [0.1, 0.15) is 0 Å². The molecule has 0 bridgehead atoms. The van der Waals surface area contributed by atoms with Crippen LogP contribution < -0.4 is 5.32 Å². The summed E-state index contributed by atoms with van der Waals surface area (Å²) < 4.78 is 0. The standard InChI is InChI=1S/C17H15ClN2/c1-12-8-15(18)6-7-17(12)20-11-14-10-19-9-13-4-2-3-5-16(13)14/h2-10,20H,11H2,1H3. The topological polar surface area (TPSA) is 24.9 Å². The Hall–Kier alpha value is -2.06. The minimum atomic E-state index is 0.747. The summed E-state index contributed by atoms with van der Waals surface area (Å²) >= 11 is 5.97. The summed E-state index contributed by atoms with van der Waals surface area (Å²) in [5.41, 5.74) is 3.44. The molecule has 0 spiro atoms. The Labute approximate surface area is 123 Å². The number of aryl methyl sites for hydroxylation is 1. The van der Waals surface area contributed by atoms with Crippen LogP contribution in [0.1, 0.15) is 11.1 Å². The molecule has 0 saturated heterocycles. The first-order valence-corrected chi connectivity index (χ1v) is 6.93. The van der Waals surface area contributed by atoms with Crippen molar-refractivity contribution >= 4 is 28.1 Å². The maximum atomic E-state index is 5.97. The van der Waals surface area contributed by atoms with E-state index < -0.39 is 0 Å². The second-order valence-electron chi connectivity index (χ2n) is 4.83. The Morgan fingerprint density at radius 3 is 2.80 bits per heavy atom. The molecule has 1 heterocycles. The molecular formula is C17H15ClN2. The van der Waals surface area contributed by atoms with Crippen molar-refractivity contribution in [1.29, 1.82) is 0 Å². The quantitative estimate of drug-likeness (QED) is 0.746. The van der Waals surface area contributed by atoms with E-state index in [-0.39, 0.29) is 0 Å². The summed E-state index contributed by atoms with van der Waals surface area (Å²) in [7, 11) is 0. The fraction of sp³-hybridized carbons (Fsp3) is 0.118. The van der Waals surface area contributed by atoms with Gasteiger partial charge in [-0.25, -0.2) is 0 Å². The number of hydrogen-bond acceptors (Lipinski definition) is 2. The van der Waals surface area contributed by atoms with E-state index in [1.807, 2.05) is 36.7 Å². The van der Waals surface area contributed by atoms with Crippen molar-refractivity contribution in [2.45, 2.75) is 13.5 Å². The van der Waals surface area contributed by atoms with Gasteiger partial charge in [-0.05, 0) is 41.6 Å². The van der Waals surface area contributed by atoms with E-state index in [1.165, 1.54) is 16.3 Å². The number of fused-ring (bicyclic) bond motifs is 1. The number of halogens is 1. The van der Waals surface area contributed by atoms with Gasteiger partial charge in [-0.3, -0.25) is 4.98 Å². The Balaban J connectivity index is 1.87. The number of anilines is 1. The lowest BCUT2D eigenvalue weighted by Gasteiger charge is -2.11. The molecule has 3 aromatic rings. The van der Waals surface area contributed by atoms with Gasteiger partial charge in [-0.1, -0.05) is 35.9 Å². The second kappa shape index (κ2) is 5.51. The number of hydrogen-bond donors (Lipinski definition) is 1. The normalized spacial score (nSPS) is 10.7. The maximum Gasteiger partial charge on any atom is 0.0422 e. The third kappa shape index (κ3) is 2.61. The van der Waals surface area contributed by atoms with E-state index >= 15 is 0 Å². The van der Waals surface area contributed by atoms with E-state index in [1.54, 1.807) is 0 Å². The van der Waals surface area contributed by atoms with Crippen molar-refractivity contribution in [2.24, 2.45) is 0 Å². The Morgan fingerprint density at radius 2 is 1.95 bits per heavy atom. The van der Waals surface area contributed by atoms with Crippen LogP contribution in [0, 0.1) is 6.92 Å². The zero-order valence-corrected chi connectivity index (χ0v) is 12.0. The highest BCUT2D eigenvalue weighted by Crippen LogP contribution is 2.22. The molecule has 0 unspecified atom stereocenters. The third-order valence-electron chi connectivity index (χ3n) is 3.41. The van der Waals surface area contributed by atoms with E-state index in [0.717, 1.165) is 22.8 Å². The van der Waals surface area contributed by atoms with Gasteiger partial charge in [-0.15, -0.1) is 0 Å². The smallest absolute Gasteiger partial charge is 0.0422 e. The van der Waals surface area contributed by atoms with Crippen LogP contribution in [0.4, 0.5) is 5.69 Å². The number of benzene rings is 2. The number of rotatable bonds is 3. The molecule has 2 nitrogen and oxygen atoms in total. The Morgan fingerprint density at radius 1 is 1.10 bits per heavy atom. The first kappa shape index (κ1) is 12.9. The molecule has 0 aliphatic carbocycles. The number of pyridine rings is 1. The summed E-state index contributed by atoms with van der Waals surface area (Å²) in [6, 6.07) is 14.2. The van der Waals surface area contributed by atoms with Crippen molar-refractivity contribution in [3.8, 4) is 0 Å². The molecular weight excluding hydrogens is 268 g/mol. The highest BCUT2D eigenvalue weighted by atomic mass is 35.5. The largest absolute Gasteiger partial charge is 0.381 e. The SMILES string of the molecule is Cc1cc(Cl)ccc1NCc1cncc2ccccc12. The molecule has 3 heteroatoms. The highest BCUT2D eigenvalue weighted by molar-refractivity contribution is 6.30. The molecule has 0 amide bonds. The van der Waals surface area contributed by atoms with Crippen molar-refractivity contribution in [1.82, 2.24) is 4.98 Å². The van der Waals surface area contributed by atoms with Crippen LogP contribution >= 0.6 is 11.6 Å². The first-order chi connectivity index (χ1) is 9.74. The molecule has 100 valence electrons. The van der Waals surface area contributed by atoms with Crippen LogP contribution in [0.15, 0.2) is 54.9 Å². The van der Waals surface area contributed by atoms with Crippen LogP contribution in [0.3, 0.4) is 0 Å². The Bertz CT molecular complexity index is 748. The molecule has 20 heavy (non-hydrogen) atoms. The number of nitrogens with zero attached hydrogens (tertiary/aromatic N) is 1. The van der Waals surface area contributed by atoms with Gasteiger partial charge in [-0.2, -0.15) is 0 Å². The van der Waals surface area contributed by atoms with Gasteiger partial charge in [0, 0.05) is 35.0 Å². The van der Waals surface area contributed by atoms with E-state index in [0.29, 0.717) is 0 Å². The van der Waals surface area contributed by atoms with Gasteiger partial charge in [0.05, 0.1) is 0 Å². The second-order valence-corrected chi connectivity index (χ2v) is 5.27. The molecule has 0 aliphatic rings. The van der Waals surface area contributed by atoms with Crippen molar-refractivity contribution in [2.75, 3.05) is 5.32 Å². The van der Waals surface area contributed by atoms with Gasteiger partial charge < -0.3 is 5.32 Å². The molecule has 1 N–H and O–H groups in total. The van der Waals surface area contributed by atoms with E-state index in [4.69, 9.17) is 11.6 Å². The first-order valence-electron chi connectivity index (χ1n) is 6.56. The molecule has 0 saturated carbocycles. The highest BCUT2D eigenvalue weighted by Gasteiger charge is 2.03. The zero-order valence-electron chi connectivity index (χ0n) is 11.2. The monoisotopic (exact) mass is 282 g/mol. The maximum absolute atomic E-state index is 5.97. The Kier molecular flexibility index (Phi) is 3.57. The van der Waals surface area contributed by atoms with Gasteiger partial charge in [0.25, 0.3) is 0 Å². The molecule has 0 fully saturated rings. The van der Waals surface area contributed by atoms with Crippen molar-refractivity contribution in [3.05, 3.63) is 71.0 Å². The number of aromatic nitrogens is 1. The molecule has 0 aliphatic heterocycles. The summed E-state index contributed by atoms with van der Waals surface area (Å²) in [5.74, 6) is 0. The van der Waals surface area contributed by atoms with E-state index in [2.05, 4.69) is 35.4 Å². The molecule has 0 radical (unpaired) electrons. The summed E-state index contributed by atoms with van der Waals surface area (Å²) in [6.45, 7) is 2.80. The fourth-order valence-electron chi connectivity index (χ4n) is 2.34. The third-order valence-corrected chi connectivity index (χ3v) is 3.64. The van der Waals surface area contributed by atoms with Crippen molar-refractivity contribution < 1.29 is 0 Å². The van der Waals surface area contributed by atoms with E-state index in [9.17, 15) is 0 Å². The average molecular weight is 283 g/mol. The molecule has 1 aromatic heterocycles. The minimum Gasteiger partial charge on any atom is -0.381 e. The zero-order chi connectivity index (χ0) is 13.9. The van der Waals surface area contributed by atoms with Crippen molar-refractivity contribution in [3.63, 3.8) is 0 Å². The lowest BCUT2D eigenvalue weighted by molar-refractivity contribution is 1.13. The van der Waals surface area contributed by atoms with Crippen LogP contribution in [0.2, 0.25) is 5.02 Å². The van der Waals surface area contributed by atoms with Crippen LogP contribution in [-0.4, -0.2) is 4.98 Å². The number of nitrogens with one attached hydrogen (secondary N) is 1. The van der Waals surface area contributed by atoms with Crippen LogP contribution in [0.5, 0.6) is 0 Å². The molecule has 3 rings (SSSR count). The molecule has 0 atom stereocenters. The minimum absolute atomic E-state index is 0.747. The summed E-state index contributed by atoms with van der Waals surface area (Å²) in [6.07, 6.45) is 3.81. The summed E-state index contributed by atoms with van der Waals surface area (Å²) in [5, 5.41) is 6.62. The predicted molar refractivity (Wildman–Crippen MR) is 85.3 cm³/mol. The lowest BCUT2D eigenvalue weighted by Crippen LogP contribution is -2.02.